The summed E-state index contributed by atoms with van der Waals surface area (Å²) in [6.45, 7) is 4.89. The van der Waals surface area contributed by atoms with Crippen molar-refractivity contribution in [3.8, 4) is 0 Å². The van der Waals surface area contributed by atoms with E-state index in [1.165, 1.54) is 122 Å². The van der Waals surface area contributed by atoms with Crippen molar-refractivity contribution in [3.05, 3.63) is 12.2 Å². The maximum absolute atomic E-state index is 12.6. The van der Waals surface area contributed by atoms with E-state index in [9.17, 15) is 19.5 Å². The van der Waals surface area contributed by atoms with Gasteiger partial charge in [-0.15, -0.1) is 0 Å². The van der Waals surface area contributed by atoms with E-state index in [-0.39, 0.29) is 18.0 Å². The second-order valence-electron chi connectivity index (χ2n) is 14.4. The fraction of sp³-hybridized carbons (Fsp3) is 0.881. The van der Waals surface area contributed by atoms with Crippen LogP contribution in [0.15, 0.2) is 12.2 Å². The molecule has 0 fully saturated rings. The molecular formula is C42H80N2O5. The summed E-state index contributed by atoms with van der Waals surface area (Å²) in [6, 6.07) is -0.866. The van der Waals surface area contributed by atoms with Crippen LogP contribution in [0.5, 0.6) is 0 Å². The average Bonchev–Trinajstić information content (AvgIpc) is 3.08. The van der Waals surface area contributed by atoms with Gasteiger partial charge in [0, 0.05) is 12.8 Å². The largest absolute Gasteiger partial charge is 0.480 e. The fourth-order valence-electron chi connectivity index (χ4n) is 6.36. The summed E-state index contributed by atoms with van der Waals surface area (Å²) in [4.78, 5) is 36.1. The van der Waals surface area contributed by atoms with Crippen LogP contribution < -0.4 is 11.1 Å². The van der Waals surface area contributed by atoms with Crippen molar-refractivity contribution in [2.24, 2.45) is 5.73 Å². The summed E-state index contributed by atoms with van der Waals surface area (Å²) >= 11 is 0. The van der Waals surface area contributed by atoms with Crippen LogP contribution in [0.2, 0.25) is 0 Å². The second kappa shape index (κ2) is 37.4. The molecule has 0 bridgehead atoms. The topological polar surface area (TPSA) is 119 Å². The monoisotopic (exact) mass is 693 g/mol. The summed E-state index contributed by atoms with van der Waals surface area (Å²) in [7, 11) is 0. The number of carbonyl (C=O) groups excluding carboxylic acids is 2. The lowest BCUT2D eigenvalue weighted by molar-refractivity contribution is -0.147. The number of nitrogens with two attached hydrogens (primary N) is 1. The highest BCUT2D eigenvalue weighted by molar-refractivity contribution is 5.83. The first-order valence-electron chi connectivity index (χ1n) is 21.0. The van der Waals surface area contributed by atoms with Gasteiger partial charge in [-0.25, -0.2) is 4.79 Å². The third kappa shape index (κ3) is 34.3. The van der Waals surface area contributed by atoms with Gasteiger partial charge in [-0.1, -0.05) is 161 Å². The van der Waals surface area contributed by atoms with E-state index < -0.39 is 12.0 Å². The first-order chi connectivity index (χ1) is 23.9. The molecule has 2 atom stereocenters. The van der Waals surface area contributed by atoms with Gasteiger partial charge in [-0.2, -0.15) is 0 Å². The highest BCUT2D eigenvalue weighted by Gasteiger charge is 2.19. The van der Waals surface area contributed by atoms with Crippen molar-refractivity contribution in [2.45, 2.75) is 231 Å². The zero-order valence-corrected chi connectivity index (χ0v) is 32.3. The number of allylic oxidation sites excluding steroid dienone is 1. The minimum absolute atomic E-state index is 0.0885. The van der Waals surface area contributed by atoms with Gasteiger partial charge in [0.15, 0.2) is 0 Å². The van der Waals surface area contributed by atoms with Gasteiger partial charge in [-0.3, -0.25) is 9.59 Å². The second-order valence-corrected chi connectivity index (χ2v) is 14.4. The van der Waals surface area contributed by atoms with Crippen molar-refractivity contribution in [1.29, 1.82) is 0 Å². The van der Waals surface area contributed by atoms with Gasteiger partial charge in [0.05, 0.1) is 0 Å². The number of hydrogen-bond acceptors (Lipinski definition) is 5. The summed E-state index contributed by atoms with van der Waals surface area (Å²) in [5.74, 6) is -1.32. The molecule has 0 radical (unpaired) electrons. The van der Waals surface area contributed by atoms with Crippen LogP contribution in [0, 0.1) is 0 Å². The van der Waals surface area contributed by atoms with Gasteiger partial charge >= 0.3 is 11.9 Å². The molecule has 49 heavy (non-hydrogen) atoms. The van der Waals surface area contributed by atoms with Crippen LogP contribution in [0.1, 0.15) is 219 Å². The van der Waals surface area contributed by atoms with E-state index in [1.54, 1.807) is 0 Å². The molecule has 0 aliphatic carbocycles. The van der Waals surface area contributed by atoms with Crippen LogP contribution in [0.4, 0.5) is 0 Å². The summed E-state index contributed by atoms with van der Waals surface area (Å²) in [5.41, 5.74) is 5.47. The van der Waals surface area contributed by atoms with Crippen LogP contribution in [0.25, 0.3) is 0 Å². The molecule has 0 aromatic rings. The fourth-order valence-corrected chi connectivity index (χ4v) is 6.36. The molecule has 288 valence electrons. The highest BCUT2D eigenvalue weighted by Crippen LogP contribution is 2.17. The molecule has 0 rings (SSSR count). The van der Waals surface area contributed by atoms with E-state index in [0.29, 0.717) is 38.6 Å². The number of hydrogen-bond donors (Lipinski definition) is 3. The van der Waals surface area contributed by atoms with Gasteiger partial charge in [0.25, 0.3) is 0 Å². The van der Waals surface area contributed by atoms with Crippen molar-refractivity contribution in [1.82, 2.24) is 5.32 Å². The van der Waals surface area contributed by atoms with Crippen LogP contribution in [-0.2, 0) is 19.1 Å². The lowest BCUT2D eigenvalue weighted by Crippen LogP contribution is -2.40. The Bertz CT molecular complexity index is 787. The molecule has 0 saturated carbocycles. The third-order valence-electron chi connectivity index (χ3n) is 9.57. The zero-order valence-electron chi connectivity index (χ0n) is 32.3. The summed E-state index contributed by atoms with van der Waals surface area (Å²) in [6.07, 6.45) is 40.1. The van der Waals surface area contributed by atoms with Crippen LogP contribution >= 0.6 is 0 Å². The molecule has 0 aromatic heterocycles. The zero-order chi connectivity index (χ0) is 36.0. The lowest BCUT2D eigenvalue weighted by Gasteiger charge is -2.15. The lowest BCUT2D eigenvalue weighted by atomic mass is 10.0. The Balaban J connectivity index is 3.99. The van der Waals surface area contributed by atoms with E-state index in [4.69, 9.17) is 10.5 Å². The number of carbonyl (C=O) groups is 3. The Kier molecular flexibility index (Phi) is 35.9. The molecule has 7 heteroatoms. The van der Waals surface area contributed by atoms with Crippen molar-refractivity contribution in [2.75, 3.05) is 6.54 Å². The smallest absolute Gasteiger partial charge is 0.326 e. The van der Waals surface area contributed by atoms with Gasteiger partial charge in [0.2, 0.25) is 5.91 Å². The van der Waals surface area contributed by atoms with Crippen molar-refractivity contribution >= 4 is 17.8 Å². The maximum Gasteiger partial charge on any atom is 0.326 e. The predicted molar refractivity (Wildman–Crippen MR) is 207 cm³/mol. The number of nitrogens with one attached hydrogen (secondary N) is 1. The Hall–Kier alpha value is -1.89. The molecule has 0 saturated heterocycles. The molecule has 2 unspecified atom stereocenters. The van der Waals surface area contributed by atoms with Crippen molar-refractivity contribution in [3.63, 3.8) is 0 Å². The number of amides is 1. The Labute approximate surface area is 302 Å². The minimum Gasteiger partial charge on any atom is -0.480 e. The summed E-state index contributed by atoms with van der Waals surface area (Å²) in [5, 5.41) is 11.9. The number of aliphatic carboxylic acids is 1. The Morgan fingerprint density at radius 2 is 1.04 bits per heavy atom. The summed E-state index contributed by atoms with van der Waals surface area (Å²) < 4.78 is 5.88. The number of carboxylic acids is 1. The normalized spacial score (nSPS) is 12.7. The van der Waals surface area contributed by atoms with Crippen molar-refractivity contribution < 1.29 is 24.2 Å². The van der Waals surface area contributed by atoms with E-state index in [2.05, 4.69) is 31.3 Å². The Morgan fingerprint density at radius 1 is 0.592 bits per heavy atom. The van der Waals surface area contributed by atoms with E-state index in [0.717, 1.165) is 51.4 Å². The van der Waals surface area contributed by atoms with Crippen LogP contribution in [0.3, 0.4) is 0 Å². The van der Waals surface area contributed by atoms with Gasteiger partial charge < -0.3 is 20.9 Å². The molecule has 4 N–H and O–H groups in total. The molecule has 0 heterocycles. The molecule has 0 spiro atoms. The molecule has 0 aliphatic heterocycles. The first-order valence-corrected chi connectivity index (χ1v) is 21.0. The number of ether oxygens (including phenoxy) is 1. The van der Waals surface area contributed by atoms with Gasteiger partial charge in [-0.05, 0) is 64.0 Å². The number of rotatable bonds is 38. The maximum atomic E-state index is 12.6. The number of unbranched alkanes of at least 4 members (excludes halogenated alkanes) is 24. The average molecular weight is 693 g/mol. The number of carboxylic acid groups (broad SMARTS) is 1. The molecule has 7 nitrogen and oxygen atoms in total. The highest BCUT2D eigenvalue weighted by atomic mass is 16.5. The number of esters is 1. The minimum atomic E-state index is -1.01. The predicted octanol–water partition coefficient (Wildman–Crippen LogP) is 11.5. The van der Waals surface area contributed by atoms with E-state index in [1.807, 2.05) is 0 Å². The Morgan fingerprint density at radius 3 is 1.53 bits per heavy atom. The first kappa shape index (κ1) is 47.1. The molecular weight excluding hydrogens is 612 g/mol. The van der Waals surface area contributed by atoms with Crippen LogP contribution in [-0.4, -0.2) is 41.6 Å². The standard InChI is InChI=1S/C42H80N2O5/c1-3-5-7-9-10-11-12-13-14-15-16-17-18-19-20-21-22-24-30-36-41(46)49-38(32-27-23-8-6-4-2)33-28-25-26-29-35-40(45)44-39(42(47)48)34-31-37-43/h27,32,38-39H,3-26,28-31,33-37,43H2,1-2H3,(H,44,45)(H,47,48)/b32-27-. The van der Waals surface area contributed by atoms with Gasteiger partial charge in [0.1, 0.15) is 12.1 Å². The SMILES string of the molecule is CCCCC/C=C\C(CCCCCCC(=O)NC(CCCN)C(=O)O)OC(=O)CCCCCCCCCCCCCCCCCCCCC. The molecule has 0 aromatic carbocycles. The molecule has 1 amide bonds. The third-order valence-corrected chi connectivity index (χ3v) is 9.57. The molecule has 0 aliphatic rings. The quantitative estimate of drug-likeness (QED) is 0.0337. The van der Waals surface area contributed by atoms with E-state index >= 15 is 0 Å².